The summed E-state index contributed by atoms with van der Waals surface area (Å²) in [6, 6.07) is 0. The second-order valence-electron chi connectivity index (χ2n) is 3.05. The number of hydrogen-bond acceptors (Lipinski definition) is 4. The highest BCUT2D eigenvalue weighted by Gasteiger charge is 2.26. The van der Waals surface area contributed by atoms with Crippen LogP contribution >= 0.6 is 0 Å². The number of carbonyl (C=O) groups excluding carboxylic acids is 3. The molecule has 5 nitrogen and oxygen atoms in total. The summed E-state index contributed by atoms with van der Waals surface area (Å²) in [7, 11) is 1.32. The van der Waals surface area contributed by atoms with E-state index in [1.807, 2.05) is 13.7 Å². The third-order valence-electron chi connectivity index (χ3n) is 2.16. The molecular formula is C9H15NO4. The molecule has 0 aromatic rings. The Morgan fingerprint density at radius 3 is 2.57 bits per heavy atom. The molecule has 0 spiro atoms. The van der Waals surface area contributed by atoms with Crippen LogP contribution in [0.1, 0.15) is 13.3 Å². The monoisotopic (exact) mass is 201 g/mol. The van der Waals surface area contributed by atoms with Gasteiger partial charge in [-0.25, -0.2) is 4.79 Å². The van der Waals surface area contributed by atoms with Crippen molar-refractivity contribution in [3.63, 3.8) is 0 Å². The first-order chi connectivity index (χ1) is 6.65. The number of amides is 1. The Labute approximate surface area is 83.0 Å². The van der Waals surface area contributed by atoms with Crippen molar-refractivity contribution in [2.75, 3.05) is 20.2 Å². The van der Waals surface area contributed by atoms with E-state index < -0.39 is 6.09 Å². The molecule has 1 atom stereocenters. The molecule has 1 aliphatic rings. The molecule has 1 unspecified atom stereocenters. The minimum atomic E-state index is -0.407. The van der Waals surface area contributed by atoms with Gasteiger partial charge in [-0.1, -0.05) is 6.92 Å². The summed E-state index contributed by atoms with van der Waals surface area (Å²) >= 11 is 0. The molecule has 80 valence electrons. The number of ether oxygens (including phenoxy) is 1. The molecule has 1 saturated heterocycles. The van der Waals surface area contributed by atoms with Gasteiger partial charge in [0, 0.05) is 12.5 Å². The summed E-state index contributed by atoms with van der Waals surface area (Å²) in [6.45, 7) is 4.71. The first-order valence-electron chi connectivity index (χ1n) is 4.29. The number of nitrogens with zero attached hydrogens (tertiary/aromatic N) is 1. The van der Waals surface area contributed by atoms with Crippen LogP contribution in [-0.4, -0.2) is 43.8 Å². The van der Waals surface area contributed by atoms with Gasteiger partial charge in [-0.2, -0.15) is 0 Å². The average Bonchev–Trinajstić information content (AvgIpc) is 2.24. The zero-order valence-electron chi connectivity index (χ0n) is 8.49. The number of likely N-dealkylation sites (tertiary alicyclic amines) is 1. The molecular weight excluding hydrogens is 186 g/mol. The van der Waals surface area contributed by atoms with Gasteiger partial charge < -0.3 is 14.4 Å². The number of rotatable bonds is 0. The van der Waals surface area contributed by atoms with Crippen molar-refractivity contribution in [1.82, 2.24) is 4.90 Å². The molecule has 1 heterocycles. The SMILES string of the molecule is C=O.COC(=O)N1CCC(C)C(=O)C1. The number of piperidine rings is 1. The van der Waals surface area contributed by atoms with E-state index in [4.69, 9.17) is 4.79 Å². The zero-order chi connectivity index (χ0) is 11.1. The molecule has 0 radical (unpaired) electrons. The van der Waals surface area contributed by atoms with E-state index in [1.165, 1.54) is 12.0 Å². The summed E-state index contributed by atoms with van der Waals surface area (Å²) in [4.78, 5) is 31.6. The van der Waals surface area contributed by atoms with Crippen LogP contribution in [0.15, 0.2) is 0 Å². The lowest BCUT2D eigenvalue weighted by Gasteiger charge is -2.27. The molecule has 0 bridgehead atoms. The number of carbonyl (C=O) groups is 3. The Hall–Kier alpha value is -1.39. The van der Waals surface area contributed by atoms with E-state index in [1.54, 1.807) is 0 Å². The molecule has 0 saturated carbocycles. The third kappa shape index (κ3) is 3.16. The van der Waals surface area contributed by atoms with E-state index in [-0.39, 0.29) is 18.2 Å². The lowest BCUT2D eigenvalue weighted by molar-refractivity contribution is -0.125. The fourth-order valence-electron chi connectivity index (χ4n) is 1.22. The van der Waals surface area contributed by atoms with Crippen LogP contribution in [0.3, 0.4) is 0 Å². The van der Waals surface area contributed by atoms with Crippen molar-refractivity contribution in [1.29, 1.82) is 0 Å². The van der Waals surface area contributed by atoms with Crippen molar-refractivity contribution in [3.05, 3.63) is 0 Å². The maximum Gasteiger partial charge on any atom is 0.409 e. The molecule has 0 N–H and O–H groups in total. The van der Waals surface area contributed by atoms with Crippen molar-refractivity contribution < 1.29 is 19.1 Å². The first-order valence-corrected chi connectivity index (χ1v) is 4.29. The van der Waals surface area contributed by atoms with Crippen LogP contribution < -0.4 is 0 Å². The van der Waals surface area contributed by atoms with Gasteiger partial charge in [0.15, 0.2) is 5.78 Å². The van der Waals surface area contributed by atoms with Gasteiger partial charge in [-0.3, -0.25) is 4.79 Å². The number of Topliss-reactive ketones (excluding diaryl/α,β-unsaturated/α-hetero) is 1. The maximum absolute atomic E-state index is 11.2. The highest BCUT2D eigenvalue weighted by Crippen LogP contribution is 2.13. The van der Waals surface area contributed by atoms with Gasteiger partial charge in [0.05, 0.1) is 13.7 Å². The quantitative estimate of drug-likeness (QED) is 0.571. The van der Waals surface area contributed by atoms with Crippen LogP contribution in [-0.2, 0) is 14.3 Å². The second kappa shape index (κ2) is 6.12. The van der Waals surface area contributed by atoms with Crippen LogP contribution in [0.4, 0.5) is 4.79 Å². The minimum Gasteiger partial charge on any atom is -0.453 e. The van der Waals surface area contributed by atoms with Crippen molar-refractivity contribution in [3.8, 4) is 0 Å². The maximum atomic E-state index is 11.2. The Bertz CT molecular complexity index is 215. The molecule has 0 aromatic carbocycles. The Morgan fingerprint density at radius 2 is 2.14 bits per heavy atom. The van der Waals surface area contributed by atoms with E-state index in [0.29, 0.717) is 6.54 Å². The molecule has 0 aromatic heterocycles. The largest absolute Gasteiger partial charge is 0.453 e. The second-order valence-corrected chi connectivity index (χ2v) is 3.05. The summed E-state index contributed by atoms with van der Waals surface area (Å²) in [6.07, 6.45) is 0.337. The molecule has 5 heteroatoms. The van der Waals surface area contributed by atoms with Gasteiger partial charge in [-0.15, -0.1) is 0 Å². The van der Waals surface area contributed by atoms with Gasteiger partial charge in [0.25, 0.3) is 0 Å². The summed E-state index contributed by atoms with van der Waals surface area (Å²) in [5, 5.41) is 0. The van der Waals surface area contributed by atoms with Crippen molar-refractivity contribution >= 4 is 18.7 Å². The normalized spacial score (nSPS) is 20.9. The van der Waals surface area contributed by atoms with Crippen LogP contribution in [0.2, 0.25) is 0 Å². The van der Waals surface area contributed by atoms with Crippen molar-refractivity contribution in [2.45, 2.75) is 13.3 Å². The Kier molecular flexibility index (Phi) is 5.52. The molecule has 14 heavy (non-hydrogen) atoms. The van der Waals surface area contributed by atoms with Gasteiger partial charge >= 0.3 is 6.09 Å². The van der Waals surface area contributed by atoms with Crippen LogP contribution in [0.25, 0.3) is 0 Å². The fraction of sp³-hybridized carbons (Fsp3) is 0.667. The highest BCUT2D eigenvalue weighted by atomic mass is 16.5. The minimum absolute atomic E-state index is 0.0888. The summed E-state index contributed by atoms with van der Waals surface area (Å²) in [5.74, 6) is 0.206. The van der Waals surface area contributed by atoms with E-state index in [9.17, 15) is 9.59 Å². The molecule has 0 aliphatic carbocycles. The molecule has 1 fully saturated rings. The van der Waals surface area contributed by atoms with Crippen LogP contribution in [0.5, 0.6) is 0 Å². The third-order valence-corrected chi connectivity index (χ3v) is 2.16. The Balaban J connectivity index is 0.000000791. The van der Waals surface area contributed by atoms with Crippen molar-refractivity contribution in [2.24, 2.45) is 5.92 Å². The lowest BCUT2D eigenvalue weighted by atomic mass is 9.98. The van der Waals surface area contributed by atoms with E-state index in [0.717, 1.165) is 6.42 Å². The molecule has 1 rings (SSSR count). The van der Waals surface area contributed by atoms with E-state index in [2.05, 4.69) is 4.74 Å². The smallest absolute Gasteiger partial charge is 0.409 e. The van der Waals surface area contributed by atoms with Gasteiger partial charge in [0.1, 0.15) is 6.79 Å². The summed E-state index contributed by atoms with van der Waals surface area (Å²) < 4.78 is 4.51. The first kappa shape index (κ1) is 12.6. The Morgan fingerprint density at radius 1 is 1.57 bits per heavy atom. The van der Waals surface area contributed by atoms with Gasteiger partial charge in [-0.05, 0) is 6.42 Å². The number of hydrogen-bond donors (Lipinski definition) is 0. The lowest BCUT2D eigenvalue weighted by Crippen LogP contribution is -2.43. The van der Waals surface area contributed by atoms with Gasteiger partial charge in [0.2, 0.25) is 0 Å². The number of ketones is 1. The average molecular weight is 201 g/mol. The van der Waals surface area contributed by atoms with E-state index >= 15 is 0 Å². The predicted molar refractivity (Wildman–Crippen MR) is 49.9 cm³/mol. The molecule has 1 amide bonds. The number of methoxy groups -OCH3 is 1. The van der Waals surface area contributed by atoms with Crippen LogP contribution in [0, 0.1) is 5.92 Å². The highest BCUT2D eigenvalue weighted by molar-refractivity contribution is 5.86. The standard InChI is InChI=1S/C8H13NO3.CH2O/c1-6-3-4-9(5-7(6)10)8(11)12-2;1-2/h6H,3-5H2,1-2H3;1H2. The predicted octanol–water partition coefficient (Wildman–Crippen LogP) is 0.479. The zero-order valence-corrected chi connectivity index (χ0v) is 8.49. The molecule has 1 aliphatic heterocycles. The topological polar surface area (TPSA) is 63.7 Å². The summed E-state index contributed by atoms with van der Waals surface area (Å²) in [5.41, 5.74) is 0. The fourth-order valence-corrected chi connectivity index (χ4v) is 1.22.